The van der Waals surface area contributed by atoms with Crippen LogP contribution in [0.3, 0.4) is 0 Å². The van der Waals surface area contributed by atoms with Gasteiger partial charge in [-0.15, -0.1) is 0 Å². The van der Waals surface area contributed by atoms with Crippen molar-refractivity contribution in [2.75, 3.05) is 24.6 Å². The van der Waals surface area contributed by atoms with Crippen LogP contribution in [0, 0.1) is 10.1 Å². The van der Waals surface area contributed by atoms with Gasteiger partial charge < -0.3 is 19.5 Å². The highest BCUT2D eigenvalue weighted by Crippen LogP contribution is 2.33. The molecule has 2 heterocycles. The first-order valence-corrected chi connectivity index (χ1v) is 9.02. The van der Waals surface area contributed by atoms with E-state index in [1.165, 1.54) is 18.2 Å². The Labute approximate surface area is 157 Å². The molecule has 0 spiro atoms. The quantitative estimate of drug-likeness (QED) is 0.616. The number of non-ortho nitro benzene ring substituents is 1. The summed E-state index contributed by atoms with van der Waals surface area (Å²) in [6.45, 7) is 6.41. The lowest BCUT2D eigenvalue weighted by molar-refractivity contribution is -0.384. The molecule has 0 unspecified atom stereocenters. The molecule has 3 rings (SSSR count). The maximum atomic E-state index is 11.8. The van der Waals surface area contributed by atoms with E-state index in [0.29, 0.717) is 24.4 Å². The molecule has 1 aromatic carbocycles. The lowest BCUT2D eigenvalue weighted by Gasteiger charge is -2.38. The largest absolute Gasteiger partial charge is 0.489 e. The van der Waals surface area contributed by atoms with Crippen LogP contribution in [0.15, 0.2) is 47.4 Å². The maximum Gasteiger partial charge on any atom is 0.273 e. The van der Waals surface area contributed by atoms with Gasteiger partial charge in [-0.05, 0) is 26.0 Å². The van der Waals surface area contributed by atoms with Gasteiger partial charge in [-0.1, -0.05) is 6.07 Å². The molecule has 2 aromatic rings. The molecular formula is C19H24N4O4. The number of pyridine rings is 1. The maximum absolute atomic E-state index is 11.8. The van der Waals surface area contributed by atoms with Crippen LogP contribution in [-0.2, 0) is 6.54 Å². The Kier molecular flexibility index (Phi) is 5.75. The van der Waals surface area contributed by atoms with Crippen molar-refractivity contribution in [3.63, 3.8) is 0 Å². The highest BCUT2D eigenvalue weighted by molar-refractivity contribution is 5.63. The number of piperazine rings is 1. The van der Waals surface area contributed by atoms with Gasteiger partial charge in [-0.3, -0.25) is 14.9 Å². The third-order valence-electron chi connectivity index (χ3n) is 4.54. The number of ether oxygens (including phenoxy) is 1. The second-order valence-corrected chi connectivity index (χ2v) is 6.86. The Balaban J connectivity index is 1.80. The molecule has 8 nitrogen and oxygen atoms in total. The van der Waals surface area contributed by atoms with Gasteiger partial charge in [0.15, 0.2) is 0 Å². The summed E-state index contributed by atoms with van der Waals surface area (Å²) in [4.78, 5) is 24.7. The molecule has 0 bridgehead atoms. The number of hydrogen-bond acceptors (Lipinski definition) is 6. The number of nitrogens with one attached hydrogen (secondary N) is 1. The fraction of sp³-hybridized carbons (Fsp3) is 0.421. The Morgan fingerprint density at radius 3 is 2.63 bits per heavy atom. The number of nitro benzene ring substituents is 1. The molecule has 0 saturated carbocycles. The molecule has 0 radical (unpaired) electrons. The first kappa shape index (κ1) is 18.9. The third-order valence-corrected chi connectivity index (χ3v) is 4.54. The fourth-order valence-electron chi connectivity index (χ4n) is 3.42. The summed E-state index contributed by atoms with van der Waals surface area (Å²) in [5.41, 5.74) is 0.716. The summed E-state index contributed by atoms with van der Waals surface area (Å²) in [5, 5.41) is 14.6. The number of hydrogen-bond donors (Lipinski definition) is 1. The van der Waals surface area contributed by atoms with Crippen LogP contribution in [0.25, 0.3) is 0 Å². The van der Waals surface area contributed by atoms with Crippen LogP contribution in [-0.4, -0.2) is 41.3 Å². The van der Waals surface area contributed by atoms with E-state index in [-0.39, 0.29) is 17.9 Å². The highest BCUT2D eigenvalue weighted by atomic mass is 16.6. The predicted molar refractivity (Wildman–Crippen MR) is 104 cm³/mol. The van der Waals surface area contributed by atoms with Gasteiger partial charge in [0, 0.05) is 43.5 Å². The molecule has 144 valence electrons. The Hall–Kier alpha value is -2.87. The Bertz CT molecular complexity index is 857. The number of benzene rings is 1. The first-order chi connectivity index (χ1) is 12.9. The molecule has 0 aliphatic carbocycles. The van der Waals surface area contributed by atoms with Crippen LogP contribution in [0.5, 0.6) is 5.75 Å². The van der Waals surface area contributed by atoms with Crippen molar-refractivity contribution in [1.29, 1.82) is 0 Å². The number of nitro groups is 1. The summed E-state index contributed by atoms with van der Waals surface area (Å²) < 4.78 is 7.43. The molecule has 8 heteroatoms. The van der Waals surface area contributed by atoms with Gasteiger partial charge in [-0.2, -0.15) is 0 Å². The van der Waals surface area contributed by atoms with Crippen LogP contribution in [0.4, 0.5) is 11.4 Å². The van der Waals surface area contributed by atoms with Crippen LogP contribution >= 0.6 is 0 Å². The van der Waals surface area contributed by atoms with Gasteiger partial charge in [0.25, 0.3) is 11.2 Å². The molecule has 1 aromatic heterocycles. The molecule has 1 fully saturated rings. The number of anilines is 1. The molecule has 0 amide bonds. The van der Waals surface area contributed by atoms with E-state index in [1.807, 2.05) is 0 Å². The summed E-state index contributed by atoms with van der Waals surface area (Å²) in [6, 6.07) is 10.3. The molecule has 1 aliphatic heterocycles. The summed E-state index contributed by atoms with van der Waals surface area (Å²) in [6.07, 6.45) is 1.69. The van der Waals surface area contributed by atoms with Gasteiger partial charge in [0.1, 0.15) is 12.4 Å². The average Bonchev–Trinajstić information content (AvgIpc) is 2.62. The minimum Gasteiger partial charge on any atom is -0.489 e. The van der Waals surface area contributed by atoms with Gasteiger partial charge in [-0.25, -0.2) is 0 Å². The molecule has 1 aliphatic rings. The normalized spacial score (nSPS) is 19.7. The standard InChI is InChI=1S/C19H24N4O4/c1-14-12-22(13-15(2)20-14)17-7-6-16(23(25)26)11-18(17)27-10-9-21-8-4-3-5-19(21)24/h3-8,11,14-15,20H,9-10,12-13H2,1-2H3/t14-,15+. The van der Waals surface area contributed by atoms with Crippen LogP contribution < -0.4 is 20.5 Å². The summed E-state index contributed by atoms with van der Waals surface area (Å²) >= 11 is 0. The second-order valence-electron chi connectivity index (χ2n) is 6.86. The number of nitrogens with zero attached hydrogens (tertiary/aromatic N) is 3. The minimum atomic E-state index is -0.429. The van der Waals surface area contributed by atoms with Gasteiger partial charge >= 0.3 is 0 Å². The van der Waals surface area contributed by atoms with Crippen molar-refractivity contribution in [1.82, 2.24) is 9.88 Å². The van der Waals surface area contributed by atoms with E-state index in [4.69, 9.17) is 4.74 Å². The molecule has 1 saturated heterocycles. The van der Waals surface area contributed by atoms with Crippen LogP contribution in [0.2, 0.25) is 0 Å². The molecule has 1 N–H and O–H groups in total. The Morgan fingerprint density at radius 2 is 1.96 bits per heavy atom. The zero-order valence-electron chi connectivity index (χ0n) is 15.5. The van der Waals surface area contributed by atoms with E-state index >= 15 is 0 Å². The van der Waals surface area contributed by atoms with Crippen molar-refractivity contribution in [3.05, 3.63) is 63.1 Å². The van der Waals surface area contributed by atoms with Crippen LogP contribution in [0.1, 0.15) is 13.8 Å². The molecular weight excluding hydrogens is 348 g/mol. The predicted octanol–water partition coefficient (Wildman–Crippen LogP) is 2.02. The smallest absolute Gasteiger partial charge is 0.273 e. The van der Waals surface area contributed by atoms with E-state index in [1.54, 1.807) is 29.0 Å². The number of aromatic nitrogens is 1. The highest BCUT2D eigenvalue weighted by Gasteiger charge is 2.24. The average molecular weight is 372 g/mol. The lowest BCUT2D eigenvalue weighted by atomic mass is 10.1. The van der Waals surface area contributed by atoms with Crippen molar-refractivity contribution >= 4 is 11.4 Å². The zero-order chi connectivity index (χ0) is 19.4. The zero-order valence-corrected chi connectivity index (χ0v) is 15.5. The molecule has 27 heavy (non-hydrogen) atoms. The van der Waals surface area contributed by atoms with Crippen molar-refractivity contribution in [2.24, 2.45) is 0 Å². The van der Waals surface area contributed by atoms with Gasteiger partial charge in [0.2, 0.25) is 0 Å². The lowest BCUT2D eigenvalue weighted by Crippen LogP contribution is -2.54. The summed E-state index contributed by atoms with van der Waals surface area (Å²) in [5.74, 6) is 0.467. The van der Waals surface area contributed by atoms with Gasteiger partial charge in [0.05, 0.1) is 23.2 Å². The SMILES string of the molecule is C[C@@H]1CN(c2ccc([N+](=O)[O-])cc2OCCn2ccccc2=O)C[C@H](C)N1. The van der Waals surface area contributed by atoms with E-state index in [9.17, 15) is 14.9 Å². The van der Waals surface area contributed by atoms with E-state index in [0.717, 1.165) is 18.8 Å². The fourth-order valence-corrected chi connectivity index (χ4v) is 3.42. The number of rotatable bonds is 6. The van der Waals surface area contributed by atoms with Crippen molar-refractivity contribution < 1.29 is 9.66 Å². The topological polar surface area (TPSA) is 89.6 Å². The Morgan fingerprint density at radius 1 is 1.22 bits per heavy atom. The first-order valence-electron chi connectivity index (χ1n) is 9.02. The third kappa shape index (κ3) is 4.65. The van der Waals surface area contributed by atoms with E-state index in [2.05, 4.69) is 24.1 Å². The molecule has 2 atom stereocenters. The monoisotopic (exact) mass is 372 g/mol. The second kappa shape index (κ2) is 8.22. The minimum absolute atomic E-state index is 0.0122. The summed E-state index contributed by atoms with van der Waals surface area (Å²) in [7, 11) is 0. The van der Waals surface area contributed by atoms with E-state index < -0.39 is 4.92 Å². The van der Waals surface area contributed by atoms with Crippen molar-refractivity contribution in [2.45, 2.75) is 32.5 Å². The van der Waals surface area contributed by atoms with Crippen molar-refractivity contribution in [3.8, 4) is 5.75 Å².